The third-order valence-corrected chi connectivity index (χ3v) is 2.10. The van der Waals surface area contributed by atoms with Crippen LogP contribution in [0.1, 0.15) is 17.3 Å². The van der Waals surface area contributed by atoms with E-state index >= 15 is 0 Å². The summed E-state index contributed by atoms with van der Waals surface area (Å²) in [6.45, 7) is 0.676. The average Bonchev–Trinajstić information content (AvgIpc) is 2.27. The Kier molecular flexibility index (Phi) is 3.97. The van der Waals surface area contributed by atoms with Crippen molar-refractivity contribution in [2.45, 2.75) is 12.5 Å². The van der Waals surface area contributed by atoms with Crippen LogP contribution in [0.2, 0.25) is 0 Å². The molecule has 6 nitrogen and oxygen atoms in total. The van der Waals surface area contributed by atoms with Gasteiger partial charge in [0.15, 0.2) is 11.6 Å². The Labute approximate surface area is 96.7 Å². The van der Waals surface area contributed by atoms with E-state index in [-0.39, 0.29) is 12.4 Å². The molecule has 0 aliphatic heterocycles. The van der Waals surface area contributed by atoms with Crippen LogP contribution in [0.5, 0.6) is 0 Å². The van der Waals surface area contributed by atoms with E-state index in [1.807, 2.05) is 0 Å². The minimum absolute atomic E-state index is 0.156. The first-order valence-corrected chi connectivity index (χ1v) is 4.82. The molecule has 1 heterocycles. The molecular formula is C10H13FN2O4. The topological polar surface area (TPSA) is 103 Å². The molecule has 0 bridgehead atoms. The van der Waals surface area contributed by atoms with Gasteiger partial charge in [-0.15, -0.1) is 0 Å². The fourth-order valence-corrected chi connectivity index (χ4v) is 1.06. The van der Waals surface area contributed by atoms with Crippen molar-refractivity contribution >= 4 is 11.8 Å². The van der Waals surface area contributed by atoms with Crippen molar-refractivity contribution in [3.8, 4) is 0 Å². The van der Waals surface area contributed by atoms with Crippen LogP contribution in [0.4, 0.5) is 10.2 Å². The van der Waals surface area contributed by atoms with E-state index in [1.54, 1.807) is 0 Å². The van der Waals surface area contributed by atoms with Crippen LogP contribution in [0, 0.1) is 5.82 Å². The van der Waals surface area contributed by atoms with E-state index in [9.17, 15) is 14.3 Å². The highest BCUT2D eigenvalue weighted by molar-refractivity contribution is 5.88. The van der Waals surface area contributed by atoms with E-state index in [2.05, 4.69) is 10.3 Å². The summed E-state index contributed by atoms with van der Waals surface area (Å²) < 4.78 is 13.6. The Morgan fingerprint density at radius 3 is 2.82 bits per heavy atom. The molecule has 1 rings (SSSR count). The Hall–Kier alpha value is -1.73. The van der Waals surface area contributed by atoms with Gasteiger partial charge in [0.1, 0.15) is 11.2 Å². The van der Waals surface area contributed by atoms with E-state index in [0.717, 1.165) is 12.3 Å². The third-order valence-electron chi connectivity index (χ3n) is 2.10. The molecule has 0 saturated carbocycles. The highest BCUT2D eigenvalue weighted by Gasteiger charge is 2.21. The number of aromatic nitrogens is 1. The van der Waals surface area contributed by atoms with Crippen molar-refractivity contribution in [1.29, 1.82) is 0 Å². The minimum atomic E-state index is -1.44. The van der Waals surface area contributed by atoms with Crippen molar-refractivity contribution in [2.24, 2.45) is 0 Å². The van der Waals surface area contributed by atoms with E-state index < -0.39 is 29.6 Å². The van der Waals surface area contributed by atoms with E-state index in [0.29, 0.717) is 0 Å². The number of hydrogen-bond acceptors (Lipinski definition) is 5. The zero-order chi connectivity index (χ0) is 13.1. The Morgan fingerprint density at radius 1 is 1.65 bits per heavy atom. The van der Waals surface area contributed by atoms with Gasteiger partial charge < -0.3 is 20.6 Å². The summed E-state index contributed by atoms with van der Waals surface area (Å²) in [6, 6.07) is 1.03. The summed E-state index contributed by atoms with van der Waals surface area (Å²) in [5.74, 6) is -2.69. The molecule has 0 saturated heterocycles. The zero-order valence-corrected chi connectivity index (χ0v) is 9.14. The van der Waals surface area contributed by atoms with Crippen LogP contribution < -0.4 is 5.32 Å². The summed E-state index contributed by atoms with van der Waals surface area (Å²) in [7, 11) is 0. The SMILES string of the molecule is CC(O)(CO)CNc1nccc(C(=O)O)c1F. The van der Waals surface area contributed by atoms with Gasteiger partial charge in [0.2, 0.25) is 0 Å². The second-order valence-electron chi connectivity index (χ2n) is 3.83. The number of halogens is 1. The lowest BCUT2D eigenvalue weighted by atomic mass is 10.1. The van der Waals surface area contributed by atoms with Gasteiger partial charge in [-0.1, -0.05) is 0 Å². The van der Waals surface area contributed by atoms with Gasteiger partial charge in [0.25, 0.3) is 0 Å². The van der Waals surface area contributed by atoms with Crippen LogP contribution in [0.25, 0.3) is 0 Å². The fourth-order valence-electron chi connectivity index (χ4n) is 1.06. The molecule has 1 aromatic heterocycles. The third kappa shape index (κ3) is 3.36. The van der Waals surface area contributed by atoms with Gasteiger partial charge in [-0.3, -0.25) is 0 Å². The van der Waals surface area contributed by atoms with Crippen molar-refractivity contribution in [3.05, 3.63) is 23.6 Å². The number of hydrogen-bond donors (Lipinski definition) is 4. The first-order valence-electron chi connectivity index (χ1n) is 4.82. The Morgan fingerprint density at radius 2 is 2.29 bits per heavy atom. The molecule has 0 aliphatic carbocycles. The normalized spacial score (nSPS) is 14.1. The highest BCUT2D eigenvalue weighted by Crippen LogP contribution is 2.15. The van der Waals surface area contributed by atoms with Crippen molar-refractivity contribution in [3.63, 3.8) is 0 Å². The first kappa shape index (κ1) is 13.3. The number of pyridine rings is 1. The molecular weight excluding hydrogens is 231 g/mol. The summed E-state index contributed by atoms with van der Waals surface area (Å²) in [5, 5.41) is 29.4. The molecule has 1 atom stereocenters. The molecule has 94 valence electrons. The first-order chi connectivity index (χ1) is 7.87. The predicted molar refractivity (Wildman–Crippen MR) is 57.4 cm³/mol. The van der Waals surface area contributed by atoms with Crippen LogP contribution in [-0.4, -0.2) is 45.0 Å². The van der Waals surface area contributed by atoms with Crippen LogP contribution >= 0.6 is 0 Å². The molecule has 0 radical (unpaired) electrons. The zero-order valence-electron chi connectivity index (χ0n) is 9.14. The minimum Gasteiger partial charge on any atom is -0.478 e. The molecule has 7 heteroatoms. The van der Waals surface area contributed by atoms with Crippen LogP contribution in [0.3, 0.4) is 0 Å². The highest BCUT2D eigenvalue weighted by atomic mass is 19.1. The monoisotopic (exact) mass is 244 g/mol. The van der Waals surface area contributed by atoms with Crippen molar-refractivity contribution < 1.29 is 24.5 Å². The number of carbonyl (C=O) groups is 1. The number of carboxylic acid groups (broad SMARTS) is 1. The number of nitrogens with one attached hydrogen (secondary N) is 1. The lowest BCUT2D eigenvalue weighted by Crippen LogP contribution is -2.37. The molecule has 0 spiro atoms. The van der Waals surface area contributed by atoms with Crippen molar-refractivity contribution in [1.82, 2.24) is 4.98 Å². The summed E-state index contributed by atoms with van der Waals surface area (Å²) in [4.78, 5) is 14.3. The lowest BCUT2D eigenvalue weighted by molar-refractivity contribution is 0.0131. The molecule has 0 aliphatic rings. The second-order valence-corrected chi connectivity index (χ2v) is 3.83. The summed E-state index contributed by atoms with van der Waals surface area (Å²) in [5.41, 5.74) is -1.95. The Balaban J connectivity index is 2.86. The smallest absolute Gasteiger partial charge is 0.338 e. The number of aliphatic hydroxyl groups excluding tert-OH is 1. The lowest BCUT2D eigenvalue weighted by Gasteiger charge is -2.21. The van der Waals surface area contributed by atoms with Gasteiger partial charge >= 0.3 is 5.97 Å². The van der Waals surface area contributed by atoms with Gasteiger partial charge in [-0.05, 0) is 13.0 Å². The number of anilines is 1. The maximum atomic E-state index is 13.6. The fraction of sp³-hybridized carbons (Fsp3) is 0.400. The predicted octanol–water partition coefficient (Wildman–Crippen LogP) is 0.0741. The second kappa shape index (κ2) is 5.07. The quantitative estimate of drug-likeness (QED) is 0.584. The number of nitrogens with zero attached hydrogens (tertiary/aromatic N) is 1. The molecule has 4 N–H and O–H groups in total. The maximum absolute atomic E-state index is 13.6. The van der Waals surface area contributed by atoms with Gasteiger partial charge in [0.05, 0.1) is 6.61 Å². The average molecular weight is 244 g/mol. The molecule has 1 unspecified atom stereocenters. The standard InChI is InChI=1S/C10H13FN2O4/c1-10(17,5-14)4-13-8-7(11)6(9(15)16)2-3-12-8/h2-3,14,17H,4-5H2,1H3,(H,12,13)(H,15,16). The molecule has 1 aromatic rings. The van der Waals surface area contributed by atoms with Gasteiger partial charge in [-0.2, -0.15) is 0 Å². The molecule has 0 aromatic carbocycles. The van der Waals surface area contributed by atoms with Crippen LogP contribution in [-0.2, 0) is 0 Å². The number of carboxylic acids is 1. The number of aliphatic hydroxyl groups is 2. The van der Waals surface area contributed by atoms with E-state index in [1.165, 1.54) is 6.92 Å². The molecule has 0 amide bonds. The van der Waals surface area contributed by atoms with E-state index in [4.69, 9.17) is 10.2 Å². The molecule has 17 heavy (non-hydrogen) atoms. The van der Waals surface area contributed by atoms with Gasteiger partial charge in [0, 0.05) is 12.7 Å². The maximum Gasteiger partial charge on any atom is 0.338 e. The summed E-state index contributed by atoms with van der Waals surface area (Å²) >= 11 is 0. The Bertz CT molecular complexity index is 423. The van der Waals surface area contributed by atoms with Gasteiger partial charge in [-0.25, -0.2) is 14.2 Å². The number of aromatic carboxylic acids is 1. The van der Waals surface area contributed by atoms with Crippen LogP contribution in [0.15, 0.2) is 12.3 Å². The summed E-state index contributed by atoms with van der Waals surface area (Å²) in [6.07, 6.45) is 1.14. The van der Waals surface area contributed by atoms with Crippen molar-refractivity contribution in [2.75, 3.05) is 18.5 Å². The molecule has 0 fully saturated rings. The largest absolute Gasteiger partial charge is 0.478 e. The number of rotatable bonds is 5.